The summed E-state index contributed by atoms with van der Waals surface area (Å²) < 4.78 is 17.4. The molecule has 0 atom stereocenters. The quantitative estimate of drug-likeness (QED) is 0.450. The van der Waals surface area contributed by atoms with Crippen molar-refractivity contribution in [1.82, 2.24) is 14.8 Å². The van der Waals surface area contributed by atoms with Crippen LogP contribution in [0, 0.1) is 0 Å². The summed E-state index contributed by atoms with van der Waals surface area (Å²) in [6.45, 7) is 8.72. The molecule has 0 amide bonds. The van der Waals surface area contributed by atoms with Gasteiger partial charge in [-0.05, 0) is 57.7 Å². The monoisotopic (exact) mass is 449 g/mol. The molecular formula is C27H35N3O3. The standard InChI is InChI=1S/C27H35N3O3/c1-4-32-25-11-7-12-26(33-18-17-31-3)27(25)22-19-21-9-5-6-10-23(21)28-24(22)20-30-14-8-13-29(2)15-16-30/h5-7,9-12,19H,4,8,13-18,20H2,1-3H3. The maximum Gasteiger partial charge on any atom is 0.131 e. The van der Waals surface area contributed by atoms with Gasteiger partial charge in [-0.25, -0.2) is 0 Å². The van der Waals surface area contributed by atoms with E-state index in [-0.39, 0.29) is 0 Å². The van der Waals surface area contributed by atoms with Crippen molar-refractivity contribution in [2.75, 3.05) is 60.2 Å². The van der Waals surface area contributed by atoms with Crippen molar-refractivity contribution in [2.45, 2.75) is 19.9 Å². The SMILES string of the molecule is CCOc1cccc(OCCOC)c1-c1cc2ccccc2nc1CN1CCCN(C)CC1. The summed E-state index contributed by atoms with van der Waals surface area (Å²) in [7, 11) is 3.88. The van der Waals surface area contributed by atoms with Crippen LogP contribution in [0.5, 0.6) is 11.5 Å². The lowest BCUT2D eigenvalue weighted by Crippen LogP contribution is -2.29. The first-order valence-electron chi connectivity index (χ1n) is 11.9. The highest BCUT2D eigenvalue weighted by atomic mass is 16.5. The van der Waals surface area contributed by atoms with Gasteiger partial charge in [0.1, 0.15) is 18.1 Å². The molecule has 176 valence electrons. The minimum Gasteiger partial charge on any atom is -0.493 e. The number of hydrogen-bond donors (Lipinski definition) is 0. The van der Waals surface area contributed by atoms with E-state index in [1.807, 2.05) is 31.2 Å². The second-order valence-corrected chi connectivity index (χ2v) is 8.51. The number of likely N-dealkylation sites (N-methyl/N-ethyl adjacent to an activating group) is 1. The predicted octanol–water partition coefficient (Wildman–Crippen LogP) is 4.46. The predicted molar refractivity (Wildman–Crippen MR) is 133 cm³/mol. The smallest absolute Gasteiger partial charge is 0.131 e. The fraction of sp³-hybridized carbons (Fsp3) is 0.444. The molecular weight excluding hydrogens is 414 g/mol. The largest absolute Gasteiger partial charge is 0.493 e. The Morgan fingerprint density at radius 3 is 2.55 bits per heavy atom. The number of aromatic nitrogens is 1. The van der Waals surface area contributed by atoms with E-state index in [4.69, 9.17) is 19.2 Å². The molecule has 1 aliphatic heterocycles. The summed E-state index contributed by atoms with van der Waals surface area (Å²) in [5.74, 6) is 1.62. The first kappa shape index (κ1) is 23.5. The molecule has 0 saturated carbocycles. The van der Waals surface area contributed by atoms with Gasteiger partial charge < -0.3 is 19.1 Å². The zero-order chi connectivity index (χ0) is 23.0. The molecule has 3 aromatic rings. The molecule has 1 aromatic heterocycles. The van der Waals surface area contributed by atoms with Crippen molar-refractivity contribution < 1.29 is 14.2 Å². The minimum atomic E-state index is 0.480. The summed E-state index contributed by atoms with van der Waals surface area (Å²) in [5.41, 5.74) is 4.11. The molecule has 1 saturated heterocycles. The van der Waals surface area contributed by atoms with Crippen LogP contribution in [0.1, 0.15) is 19.0 Å². The summed E-state index contributed by atoms with van der Waals surface area (Å²) in [6, 6.07) is 16.6. The van der Waals surface area contributed by atoms with Gasteiger partial charge in [0.2, 0.25) is 0 Å². The third-order valence-electron chi connectivity index (χ3n) is 6.09. The van der Waals surface area contributed by atoms with Crippen LogP contribution in [0.3, 0.4) is 0 Å². The van der Waals surface area contributed by atoms with E-state index in [0.717, 1.165) is 71.9 Å². The number of fused-ring (bicyclic) bond motifs is 1. The molecule has 0 aliphatic carbocycles. The van der Waals surface area contributed by atoms with E-state index in [2.05, 4.69) is 41.1 Å². The zero-order valence-electron chi connectivity index (χ0n) is 20.0. The van der Waals surface area contributed by atoms with Crippen LogP contribution in [-0.2, 0) is 11.3 Å². The lowest BCUT2D eigenvalue weighted by molar-refractivity contribution is 0.146. The first-order valence-corrected chi connectivity index (χ1v) is 11.9. The van der Waals surface area contributed by atoms with E-state index < -0.39 is 0 Å². The van der Waals surface area contributed by atoms with Crippen LogP contribution in [0.2, 0.25) is 0 Å². The number of ether oxygens (including phenoxy) is 3. The van der Waals surface area contributed by atoms with Crippen LogP contribution in [0.25, 0.3) is 22.0 Å². The molecule has 2 aromatic carbocycles. The molecule has 33 heavy (non-hydrogen) atoms. The van der Waals surface area contributed by atoms with Crippen LogP contribution in [0.4, 0.5) is 0 Å². The highest BCUT2D eigenvalue weighted by Crippen LogP contribution is 2.41. The van der Waals surface area contributed by atoms with Crippen LogP contribution < -0.4 is 9.47 Å². The van der Waals surface area contributed by atoms with Gasteiger partial charge in [-0.15, -0.1) is 0 Å². The maximum atomic E-state index is 6.16. The molecule has 1 fully saturated rings. The van der Waals surface area contributed by atoms with Gasteiger partial charge >= 0.3 is 0 Å². The summed E-state index contributed by atoms with van der Waals surface area (Å²) in [5, 5.41) is 1.11. The second kappa shape index (κ2) is 11.5. The Balaban J connectivity index is 1.81. The second-order valence-electron chi connectivity index (χ2n) is 8.51. The Labute approximate surface area is 197 Å². The molecule has 2 heterocycles. The van der Waals surface area contributed by atoms with Crippen molar-refractivity contribution in [2.24, 2.45) is 0 Å². The Morgan fingerprint density at radius 2 is 1.73 bits per heavy atom. The van der Waals surface area contributed by atoms with Gasteiger partial charge in [-0.3, -0.25) is 9.88 Å². The van der Waals surface area contributed by atoms with Gasteiger partial charge in [0.15, 0.2) is 0 Å². The lowest BCUT2D eigenvalue weighted by Gasteiger charge is -2.23. The molecule has 1 aliphatic rings. The van der Waals surface area contributed by atoms with Gasteiger partial charge in [0.25, 0.3) is 0 Å². The molecule has 0 unspecified atom stereocenters. The summed E-state index contributed by atoms with van der Waals surface area (Å²) in [4.78, 5) is 10.1. The van der Waals surface area contributed by atoms with Gasteiger partial charge in [0.05, 0.1) is 30.0 Å². The topological polar surface area (TPSA) is 47.1 Å². The van der Waals surface area contributed by atoms with E-state index >= 15 is 0 Å². The van der Waals surface area contributed by atoms with Gasteiger partial charge in [0, 0.05) is 37.7 Å². The summed E-state index contributed by atoms with van der Waals surface area (Å²) in [6.07, 6.45) is 1.17. The highest BCUT2D eigenvalue weighted by molar-refractivity contribution is 5.88. The van der Waals surface area contributed by atoms with Crippen LogP contribution >= 0.6 is 0 Å². The summed E-state index contributed by atoms with van der Waals surface area (Å²) >= 11 is 0. The van der Waals surface area contributed by atoms with Gasteiger partial charge in [-0.2, -0.15) is 0 Å². The third kappa shape index (κ3) is 5.82. The normalized spacial score (nSPS) is 15.5. The van der Waals surface area contributed by atoms with Crippen molar-refractivity contribution in [3.05, 3.63) is 54.2 Å². The lowest BCUT2D eigenvalue weighted by atomic mass is 9.99. The molecule has 6 nitrogen and oxygen atoms in total. The Morgan fingerprint density at radius 1 is 0.909 bits per heavy atom. The van der Waals surface area contributed by atoms with Crippen molar-refractivity contribution in [3.63, 3.8) is 0 Å². The number of para-hydroxylation sites is 1. The number of rotatable bonds is 9. The fourth-order valence-electron chi connectivity index (χ4n) is 4.37. The minimum absolute atomic E-state index is 0.480. The van der Waals surface area contributed by atoms with Crippen molar-refractivity contribution in [3.8, 4) is 22.6 Å². The Hall–Kier alpha value is -2.67. The zero-order valence-corrected chi connectivity index (χ0v) is 20.0. The molecule has 4 rings (SSSR count). The number of hydrogen-bond acceptors (Lipinski definition) is 6. The fourth-order valence-corrected chi connectivity index (χ4v) is 4.37. The molecule has 0 radical (unpaired) electrons. The van der Waals surface area contributed by atoms with E-state index in [0.29, 0.717) is 19.8 Å². The Kier molecular flexibility index (Phi) is 8.15. The number of methoxy groups -OCH3 is 1. The Bertz CT molecular complexity index is 1060. The van der Waals surface area contributed by atoms with E-state index in [1.165, 1.54) is 6.42 Å². The number of pyridine rings is 1. The molecule has 6 heteroatoms. The van der Waals surface area contributed by atoms with Gasteiger partial charge in [-0.1, -0.05) is 24.3 Å². The van der Waals surface area contributed by atoms with Crippen molar-refractivity contribution >= 4 is 10.9 Å². The highest BCUT2D eigenvalue weighted by Gasteiger charge is 2.21. The number of nitrogens with zero attached hydrogens (tertiary/aromatic N) is 3. The average Bonchev–Trinajstić information content (AvgIpc) is 3.03. The van der Waals surface area contributed by atoms with Crippen LogP contribution in [-0.4, -0.2) is 74.9 Å². The van der Waals surface area contributed by atoms with E-state index in [1.54, 1.807) is 7.11 Å². The molecule has 0 N–H and O–H groups in total. The third-order valence-corrected chi connectivity index (χ3v) is 6.09. The van der Waals surface area contributed by atoms with Crippen molar-refractivity contribution in [1.29, 1.82) is 0 Å². The maximum absolute atomic E-state index is 6.16. The molecule has 0 spiro atoms. The first-order chi connectivity index (χ1) is 16.2. The number of benzene rings is 2. The van der Waals surface area contributed by atoms with E-state index in [9.17, 15) is 0 Å². The average molecular weight is 450 g/mol. The molecule has 0 bridgehead atoms. The van der Waals surface area contributed by atoms with Crippen LogP contribution in [0.15, 0.2) is 48.5 Å².